The molecule has 1 fully saturated rings. The molecule has 5 heteroatoms. The maximum Gasteiger partial charge on any atom is 0.231 e. The molecule has 1 saturated carbocycles. The molecule has 20 heavy (non-hydrogen) atoms. The molecule has 0 unspecified atom stereocenters. The van der Waals surface area contributed by atoms with Crippen LogP contribution in [0.4, 0.5) is 14.5 Å². The van der Waals surface area contributed by atoms with Crippen LogP contribution in [0.3, 0.4) is 0 Å². The van der Waals surface area contributed by atoms with Crippen LogP contribution in [0.15, 0.2) is 18.2 Å². The van der Waals surface area contributed by atoms with E-state index in [-0.39, 0.29) is 18.1 Å². The number of anilines is 1. The number of carbonyl (C=O) groups is 1. The summed E-state index contributed by atoms with van der Waals surface area (Å²) in [5.41, 5.74) is 5.03. The van der Waals surface area contributed by atoms with Crippen LogP contribution in [0.2, 0.25) is 0 Å². The Bertz CT molecular complexity index is 483. The summed E-state index contributed by atoms with van der Waals surface area (Å²) in [5.74, 6) is -2.29. The van der Waals surface area contributed by atoms with Gasteiger partial charge < -0.3 is 11.1 Å². The standard InChI is InChI=1S/C15H20F2N2O/c16-11-6-5-7-12(13(11)17)19-14(20)15(10-18)8-3-1-2-4-9-15/h5-7H,1-4,8-10,18H2,(H,19,20). The van der Waals surface area contributed by atoms with E-state index in [0.29, 0.717) is 12.8 Å². The molecule has 0 bridgehead atoms. The number of nitrogens with two attached hydrogens (primary N) is 1. The summed E-state index contributed by atoms with van der Waals surface area (Å²) in [7, 11) is 0. The highest BCUT2D eigenvalue weighted by Gasteiger charge is 2.37. The molecule has 0 saturated heterocycles. The van der Waals surface area contributed by atoms with Crippen LogP contribution in [0.1, 0.15) is 38.5 Å². The highest BCUT2D eigenvalue weighted by molar-refractivity contribution is 5.95. The van der Waals surface area contributed by atoms with Crippen LogP contribution >= 0.6 is 0 Å². The van der Waals surface area contributed by atoms with Crippen molar-refractivity contribution in [2.24, 2.45) is 11.1 Å². The topological polar surface area (TPSA) is 55.1 Å². The fourth-order valence-corrected chi connectivity index (χ4v) is 2.78. The van der Waals surface area contributed by atoms with Gasteiger partial charge in [-0.25, -0.2) is 8.78 Å². The summed E-state index contributed by atoms with van der Waals surface area (Å²) in [6.07, 6.45) is 5.46. The maximum absolute atomic E-state index is 13.6. The van der Waals surface area contributed by atoms with Crippen molar-refractivity contribution in [1.29, 1.82) is 0 Å². The lowest BCUT2D eigenvalue weighted by Gasteiger charge is -2.29. The number of carbonyl (C=O) groups excluding carboxylic acids is 1. The van der Waals surface area contributed by atoms with Crippen LogP contribution in [0, 0.1) is 17.0 Å². The van der Waals surface area contributed by atoms with Crippen molar-refractivity contribution < 1.29 is 13.6 Å². The van der Waals surface area contributed by atoms with E-state index in [0.717, 1.165) is 31.7 Å². The van der Waals surface area contributed by atoms with E-state index in [1.54, 1.807) is 0 Å². The Kier molecular flexibility index (Phi) is 4.70. The van der Waals surface area contributed by atoms with Gasteiger partial charge in [0.2, 0.25) is 5.91 Å². The molecule has 0 spiro atoms. The van der Waals surface area contributed by atoms with Crippen molar-refractivity contribution in [2.75, 3.05) is 11.9 Å². The van der Waals surface area contributed by atoms with Gasteiger partial charge in [0.1, 0.15) is 0 Å². The van der Waals surface area contributed by atoms with Crippen LogP contribution in [-0.2, 0) is 4.79 Å². The van der Waals surface area contributed by atoms with E-state index in [1.165, 1.54) is 12.1 Å². The quantitative estimate of drug-likeness (QED) is 0.836. The van der Waals surface area contributed by atoms with Gasteiger partial charge in [-0.2, -0.15) is 0 Å². The number of amides is 1. The Morgan fingerprint density at radius 3 is 2.45 bits per heavy atom. The Morgan fingerprint density at radius 1 is 1.20 bits per heavy atom. The molecule has 1 aromatic rings. The van der Waals surface area contributed by atoms with E-state index in [4.69, 9.17) is 5.73 Å². The number of hydrogen-bond donors (Lipinski definition) is 2. The molecule has 0 atom stereocenters. The monoisotopic (exact) mass is 282 g/mol. The summed E-state index contributed by atoms with van der Waals surface area (Å²) < 4.78 is 26.8. The maximum atomic E-state index is 13.6. The summed E-state index contributed by atoms with van der Waals surface area (Å²) in [4.78, 5) is 12.5. The van der Waals surface area contributed by atoms with Gasteiger partial charge in [0.05, 0.1) is 11.1 Å². The Labute approximate surface area is 117 Å². The molecule has 110 valence electrons. The molecular formula is C15H20F2N2O. The molecular weight excluding hydrogens is 262 g/mol. The first-order chi connectivity index (χ1) is 9.59. The second-order valence-corrected chi connectivity index (χ2v) is 5.45. The number of halogens is 2. The largest absolute Gasteiger partial charge is 0.329 e. The highest BCUT2D eigenvalue weighted by Crippen LogP contribution is 2.35. The minimum atomic E-state index is -1.03. The van der Waals surface area contributed by atoms with Gasteiger partial charge in [-0.3, -0.25) is 4.79 Å². The van der Waals surface area contributed by atoms with Gasteiger partial charge in [0.25, 0.3) is 0 Å². The van der Waals surface area contributed by atoms with E-state index in [2.05, 4.69) is 5.32 Å². The number of benzene rings is 1. The third-order valence-corrected chi connectivity index (χ3v) is 4.13. The lowest BCUT2D eigenvalue weighted by Crippen LogP contribution is -2.42. The fourth-order valence-electron chi connectivity index (χ4n) is 2.78. The van der Waals surface area contributed by atoms with Crippen molar-refractivity contribution in [1.82, 2.24) is 0 Å². The first-order valence-corrected chi connectivity index (χ1v) is 7.05. The van der Waals surface area contributed by atoms with Gasteiger partial charge in [0, 0.05) is 6.54 Å². The zero-order valence-electron chi connectivity index (χ0n) is 11.4. The van der Waals surface area contributed by atoms with E-state index in [1.807, 2.05) is 0 Å². The van der Waals surface area contributed by atoms with E-state index >= 15 is 0 Å². The van der Waals surface area contributed by atoms with Gasteiger partial charge in [-0.15, -0.1) is 0 Å². The molecule has 0 heterocycles. The molecule has 0 aromatic heterocycles. The third kappa shape index (κ3) is 2.98. The number of rotatable bonds is 3. The average Bonchev–Trinajstić information content (AvgIpc) is 2.70. The van der Waals surface area contributed by atoms with E-state index in [9.17, 15) is 13.6 Å². The lowest BCUT2D eigenvalue weighted by molar-refractivity contribution is -0.125. The fraction of sp³-hybridized carbons (Fsp3) is 0.533. The minimum absolute atomic E-state index is 0.118. The van der Waals surface area contributed by atoms with Crippen molar-refractivity contribution in [3.63, 3.8) is 0 Å². The molecule has 3 N–H and O–H groups in total. The van der Waals surface area contributed by atoms with Crippen LogP contribution in [0.5, 0.6) is 0 Å². The summed E-state index contributed by atoms with van der Waals surface area (Å²) >= 11 is 0. The molecule has 1 aliphatic carbocycles. The van der Waals surface area contributed by atoms with Gasteiger partial charge in [-0.1, -0.05) is 31.7 Å². The van der Waals surface area contributed by atoms with Gasteiger partial charge in [-0.05, 0) is 25.0 Å². The van der Waals surface area contributed by atoms with Crippen molar-refractivity contribution in [3.05, 3.63) is 29.8 Å². The zero-order valence-corrected chi connectivity index (χ0v) is 11.4. The smallest absolute Gasteiger partial charge is 0.231 e. The first-order valence-electron chi connectivity index (χ1n) is 7.05. The van der Waals surface area contributed by atoms with E-state index < -0.39 is 17.0 Å². The predicted octanol–water partition coefficient (Wildman–Crippen LogP) is 3.20. The second kappa shape index (κ2) is 6.31. The SMILES string of the molecule is NCC1(C(=O)Nc2cccc(F)c2F)CCCCCC1. The minimum Gasteiger partial charge on any atom is -0.329 e. The lowest BCUT2D eigenvalue weighted by atomic mass is 9.79. The summed E-state index contributed by atoms with van der Waals surface area (Å²) in [5, 5.41) is 2.51. The molecule has 1 amide bonds. The molecule has 0 aliphatic heterocycles. The normalized spacial score (nSPS) is 18.4. The number of nitrogens with one attached hydrogen (secondary N) is 1. The molecule has 1 aromatic carbocycles. The van der Waals surface area contributed by atoms with Gasteiger partial charge >= 0.3 is 0 Å². The second-order valence-electron chi connectivity index (χ2n) is 5.45. The van der Waals surface area contributed by atoms with Crippen molar-refractivity contribution >= 4 is 11.6 Å². The molecule has 1 aliphatic rings. The van der Waals surface area contributed by atoms with Crippen molar-refractivity contribution in [2.45, 2.75) is 38.5 Å². The molecule has 3 nitrogen and oxygen atoms in total. The third-order valence-electron chi connectivity index (χ3n) is 4.13. The van der Waals surface area contributed by atoms with Gasteiger partial charge in [0.15, 0.2) is 11.6 Å². The predicted molar refractivity (Wildman–Crippen MR) is 74.2 cm³/mol. The highest BCUT2D eigenvalue weighted by atomic mass is 19.2. The summed E-state index contributed by atoms with van der Waals surface area (Å²) in [6, 6.07) is 3.75. The Balaban J connectivity index is 2.18. The Morgan fingerprint density at radius 2 is 1.85 bits per heavy atom. The average molecular weight is 282 g/mol. The van der Waals surface area contributed by atoms with Crippen LogP contribution < -0.4 is 11.1 Å². The Hall–Kier alpha value is -1.49. The molecule has 2 rings (SSSR count). The zero-order chi connectivity index (χ0) is 14.6. The van der Waals surface area contributed by atoms with Crippen LogP contribution in [0.25, 0.3) is 0 Å². The first kappa shape index (κ1) is 14.9. The summed E-state index contributed by atoms with van der Waals surface area (Å²) in [6.45, 7) is 0.232. The molecule has 0 radical (unpaired) electrons. The van der Waals surface area contributed by atoms with Crippen molar-refractivity contribution in [3.8, 4) is 0 Å². The number of hydrogen-bond acceptors (Lipinski definition) is 2. The van der Waals surface area contributed by atoms with Crippen LogP contribution in [-0.4, -0.2) is 12.5 Å².